The Labute approximate surface area is 208 Å². The van der Waals surface area contributed by atoms with Gasteiger partial charge >= 0.3 is 5.97 Å². The first-order valence-corrected chi connectivity index (χ1v) is 11.4. The first-order valence-electron chi connectivity index (χ1n) is 11.4. The molecule has 0 N–H and O–H groups in total. The number of fused-ring (bicyclic) bond motifs is 1. The van der Waals surface area contributed by atoms with Gasteiger partial charge in [-0.15, -0.1) is 0 Å². The van der Waals surface area contributed by atoms with E-state index in [4.69, 9.17) is 18.9 Å². The minimum atomic E-state index is -0.631. The third-order valence-electron chi connectivity index (χ3n) is 5.92. The van der Waals surface area contributed by atoms with Crippen molar-refractivity contribution in [2.24, 2.45) is 5.10 Å². The van der Waals surface area contributed by atoms with E-state index in [1.807, 2.05) is 54.6 Å². The first kappa shape index (κ1) is 23.2. The molecule has 0 saturated carbocycles. The minimum absolute atomic E-state index is 0.176. The van der Waals surface area contributed by atoms with Gasteiger partial charge in [0.2, 0.25) is 6.79 Å². The van der Waals surface area contributed by atoms with Crippen molar-refractivity contribution in [1.82, 2.24) is 5.01 Å². The lowest BCUT2D eigenvalue weighted by atomic mass is 9.98. The molecule has 0 radical (unpaired) electrons. The Morgan fingerprint density at radius 3 is 2.58 bits per heavy atom. The molecular weight excluding hydrogens is 460 g/mol. The van der Waals surface area contributed by atoms with Gasteiger partial charge in [-0.05, 0) is 47.0 Å². The summed E-state index contributed by atoms with van der Waals surface area (Å²) in [6.45, 7) is -0.252. The van der Waals surface area contributed by atoms with Crippen molar-refractivity contribution in [1.29, 1.82) is 0 Å². The lowest BCUT2D eigenvalue weighted by Gasteiger charge is -2.22. The Balaban J connectivity index is 1.27. The number of ether oxygens (including phenoxy) is 4. The topological polar surface area (TPSA) is 86.7 Å². The molecule has 0 aliphatic carbocycles. The predicted octanol–water partition coefficient (Wildman–Crippen LogP) is 4.36. The van der Waals surface area contributed by atoms with Crippen LogP contribution in [0.15, 0.2) is 84.0 Å². The fourth-order valence-electron chi connectivity index (χ4n) is 4.06. The molecule has 2 heterocycles. The average Bonchev–Trinajstić information content (AvgIpc) is 3.58. The molecule has 8 heteroatoms. The zero-order valence-electron chi connectivity index (χ0n) is 19.6. The Morgan fingerprint density at radius 2 is 1.81 bits per heavy atom. The molecule has 8 nitrogen and oxygen atoms in total. The number of benzene rings is 3. The molecule has 1 amide bonds. The largest absolute Gasteiger partial charge is 0.497 e. The molecule has 0 bridgehead atoms. The lowest BCUT2D eigenvalue weighted by molar-refractivity contribution is -0.149. The Kier molecular flexibility index (Phi) is 6.66. The molecular formula is C28H24N2O6. The number of hydrogen-bond donors (Lipinski definition) is 0. The smallest absolute Gasteiger partial charge is 0.331 e. The summed E-state index contributed by atoms with van der Waals surface area (Å²) in [4.78, 5) is 25.4. The second-order valence-electron chi connectivity index (χ2n) is 8.20. The van der Waals surface area contributed by atoms with E-state index in [0.29, 0.717) is 17.9 Å². The fourth-order valence-corrected chi connectivity index (χ4v) is 4.06. The lowest BCUT2D eigenvalue weighted by Crippen LogP contribution is -2.31. The number of amides is 1. The summed E-state index contributed by atoms with van der Waals surface area (Å²) in [6, 6.07) is 22.2. The molecule has 3 aromatic carbocycles. The van der Waals surface area contributed by atoms with Crippen LogP contribution in [-0.2, 0) is 14.3 Å². The van der Waals surface area contributed by atoms with Gasteiger partial charge < -0.3 is 18.9 Å². The van der Waals surface area contributed by atoms with Crippen molar-refractivity contribution in [3.05, 3.63) is 95.6 Å². The van der Waals surface area contributed by atoms with Crippen LogP contribution in [0.2, 0.25) is 0 Å². The number of carbonyl (C=O) groups is 2. The maximum Gasteiger partial charge on any atom is 0.331 e. The highest BCUT2D eigenvalue weighted by Crippen LogP contribution is 2.34. The maximum absolute atomic E-state index is 13.1. The third-order valence-corrected chi connectivity index (χ3v) is 5.92. The van der Waals surface area contributed by atoms with E-state index in [1.165, 1.54) is 11.1 Å². The number of hydrogen-bond acceptors (Lipinski definition) is 7. The number of nitrogens with zero attached hydrogens (tertiary/aromatic N) is 2. The number of hydrazone groups is 1. The number of esters is 1. The molecule has 2 aliphatic heterocycles. The number of methoxy groups -OCH3 is 1. The van der Waals surface area contributed by atoms with Gasteiger partial charge in [-0.2, -0.15) is 5.10 Å². The zero-order chi connectivity index (χ0) is 24.9. The molecule has 182 valence electrons. The van der Waals surface area contributed by atoms with Gasteiger partial charge in [0.1, 0.15) is 5.75 Å². The van der Waals surface area contributed by atoms with Gasteiger partial charge in [-0.1, -0.05) is 48.5 Å². The van der Waals surface area contributed by atoms with Crippen molar-refractivity contribution < 1.29 is 28.5 Å². The van der Waals surface area contributed by atoms with Crippen LogP contribution in [0.3, 0.4) is 0 Å². The van der Waals surface area contributed by atoms with Crippen LogP contribution in [0.4, 0.5) is 0 Å². The predicted molar refractivity (Wildman–Crippen MR) is 133 cm³/mol. The van der Waals surface area contributed by atoms with Crippen molar-refractivity contribution in [2.45, 2.75) is 12.5 Å². The number of rotatable bonds is 7. The van der Waals surface area contributed by atoms with Crippen LogP contribution >= 0.6 is 0 Å². The van der Waals surface area contributed by atoms with E-state index in [2.05, 4.69) is 5.10 Å². The van der Waals surface area contributed by atoms with Crippen LogP contribution in [0, 0.1) is 0 Å². The van der Waals surface area contributed by atoms with Gasteiger partial charge in [0.05, 0.1) is 18.9 Å². The van der Waals surface area contributed by atoms with Gasteiger partial charge in [0, 0.05) is 12.5 Å². The molecule has 0 aromatic heterocycles. The Bertz CT molecular complexity index is 1320. The summed E-state index contributed by atoms with van der Waals surface area (Å²) in [7, 11) is 1.60. The quantitative estimate of drug-likeness (QED) is 0.366. The summed E-state index contributed by atoms with van der Waals surface area (Å²) in [5.41, 5.74) is 3.39. The van der Waals surface area contributed by atoms with Gasteiger partial charge in [0.15, 0.2) is 18.1 Å². The van der Waals surface area contributed by atoms with Crippen molar-refractivity contribution in [2.75, 3.05) is 20.5 Å². The van der Waals surface area contributed by atoms with Gasteiger partial charge in [-0.25, -0.2) is 9.80 Å². The van der Waals surface area contributed by atoms with Gasteiger partial charge in [0.25, 0.3) is 5.91 Å². The molecule has 3 aromatic rings. The minimum Gasteiger partial charge on any atom is -0.497 e. The van der Waals surface area contributed by atoms with Crippen LogP contribution in [-0.4, -0.2) is 43.1 Å². The molecule has 36 heavy (non-hydrogen) atoms. The molecule has 2 aliphatic rings. The van der Waals surface area contributed by atoms with Crippen molar-refractivity contribution in [3.63, 3.8) is 0 Å². The summed E-state index contributed by atoms with van der Waals surface area (Å²) in [5, 5.41) is 6.00. The van der Waals surface area contributed by atoms with Gasteiger partial charge in [-0.3, -0.25) is 4.79 Å². The summed E-state index contributed by atoms with van der Waals surface area (Å²) in [5.74, 6) is 0.959. The SMILES string of the molecule is COc1ccc(C2CC(c3ccccc3)=NN2C(=O)COC(=O)C=Cc2ccc3c(c2)OCO3)cc1. The Hall–Kier alpha value is -4.59. The summed E-state index contributed by atoms with van der Waals surface area (Å²) < 4.78 is 21.1. The molecule has 0 fully saturated rings. The van der Waals surface area contributed by atoms with Crippen molar-refractivity contribution >= 4 is 23.7 Å². The average molecular weight is 485 g/mol. The standard InChI is InChI=1S/C28H24N2O6/c1-33-22-11-9-21(10-12-22)24-16-23(20-5-3-2-4-6-20)29-30(24)27(31)17-34-28(32)14-8-19-7-13-25-26(15-19)36-18-35-25/h2-15,24H,16-18H2,1H3. The van der Waals surface area contributed by atoms with Crippen LogP contribution in [0.5, 0.6) is 17.2 Å². The normalized spacial score (nSPS) is 16.2. The Morgan fingerprint density at radius 1 is 1.03 bits per heavy atom. The van der Waals surface area contributed by atoms with E-state index in [1.54, 1.807) is 31.4 Å². The first-order chi connectivity index (χ1) is 17.6. The second kappa shape index (κ2) is 10.4. The van der Waals surface area contributed by atoms with Crippen molar-refractivity contribution in [3.8, 4) is 17.2 Å². The number of carbonyl (C=O) groups excluding carboxylic acids is 2. The van der Waals surface area contributed by atoms with Crippen LogP contribution < -0.4 is 14.2 Å². The van der Waals surface area contributed by atoms with E-state index < -0.39 is 18.5 Å². The van der Waals surface area contributed by atoms with Crippen LogP contribution in [0.25, 0.3) is 6.08 Å². The molecule has 1 atom stereocenters. The highest BCUT2D eigenvalue weighted by atomic mass is 16.7. The molecule has 0 spiro atoms. The molecule has 5 rings (SSSR count). The van der Waals surface area contributed by atoms with E-state index in [9.17, 15) is 9.59 Å². The van der Waals surface area contributed by atoms with Crippen LogP contribution in [0.1, 0.15) is 29.2 Å². The molecule has 1 unspecified atom stereocenters. The highest BCUT2D eigenvalue weighted by Gasteiger charge is 2.33. The molecule has 0 saturated heterocycles. The van der Waals surface area contributed by atoms with E-state index >= 15 is 0 Å². The monoisotopic (exact) mass is 484 g/mol. The fraction of sp³-hybridized carbons (Fsp3) is 0.179. The summed E-state index contributed by atoms with van der Waals surface area (Å²) >= 11 is 0. The summed E-state index contributed by atoms with van der Waals surface area (Å²) in [6.07, 6.45) is 3.41. The highest BCUT2D eigenvalue weighted by molar-refractivity contribution is 6.03. The van der Waals surface area contributed by atoms with E-state index in [0.717, 1.165) is 28.2 Å². The second-order valence-corrected chi connectivity index (χ2v) is 8.20. The van der Waals surface area contributed by atoms with E-state index in [-0.39, 0.29) is 12.8 Å². The maximum atomic E-state index is 13.1. The zero-order valence-corrected chi connectivity index (χ0v) is 19.6. The third kappa shape index (κ3) is 5.07.